The third-order valence-corrected chi connectivity index (χ3v) is 3.74. The number of hydrogen-bond donors (Lipinski definition) is 2. The number of furan rings is 1. The van der Waals surface area contributed by atoms with Crippen LogP contribution in [0.5, 0.6) is 0 Å². The molecule has 3 heterocycles. The largest absolute Gasteiger partial charge is 0.463 e. The highest BCUT2D eigenvalue weighted by Gasteiger charge is 2.18. The van der Waals surface area contributed by atoms with E-state index in [2.05, 4.69) is 15.6 Å². The summed E-state index contributed by atoms with van der Waals surface area (Å²) in [5.74, 6) is 0.654. The fourth-order valence-corrected chi connectivity index (χ4v) is 2.60. The van der Waals surface area contributed by atoms with Gasteiger partial charge in [0, 0.05) is 12.6 Å². The second-order valence-corrected chi connectivity index (χ2v) is 5.32. The average molecular weight is 285 g/mol. The summed E-state index contributed by atoms with van der Waals surface area (Å²) in [7, 11) is 0. The molecule has 1 saturated heterocycles. The number of pyridine rings is 1. The maximum atomic E-state index is 12.3. The lowest BCUT2D eigenvalue weighted by atomic mass is 10.1. The molecule has 1 atom stereocenters. The van der Waals surface area contributed by atoms with Crippen molar-refractivity contribution in [1.82, 2.24) is 15.6 Å². The van der Waals surface area contributed by atoms with Crippen LogP contribution in [-0.4, -0.2) is 30.0 Å². The maximum Gasteiger partial charge on any atom is 0.253 e. The van der Waals surface area contributed by atoms with Gasteiger partial charge in [-0.25, -0.2) is 4.98 Å². The highest BCUT2D eigenvalue weighted by Crippen LogP contribution is 2.19. The molecule has 3 rings (SSSR count). The second kappa shape index (κ2) is 6.10. The van der Waals surface area contributed by atoms with E-state index in [4.69, 9.17) is 4.42 Å². The van der Waals surface area contributed by atoms with Gasteiger partial charge in [-0.15, -0.1) is 0 Å². The van der Waals surface area contributed by atoms with Gasteiger partial charge < -0.3 is 15.1 Å². The molecule has 0 unspecified atom stereocenters. The Morgan fingerprint density at radius 2 is 2.33 bits per heavy atom. The van der Waals surface area contributed by atoms with Crippen molar-refractivity contribution >= 4 is 5.91 Å². The van der Waals surface area contributed by atoms with Gasteiger partial charge in [-0.1, -0.05) is 0 Å². The number of amides is 1. The van der Waals surface area contributed by atoms with Gasteiger partial charge in [0.1, 0.15) is 5.69 Å². The Hall–Kier alpha value is -2.14. The molecular weight excluding hydrogens is 266 g/mol. The minimum Gasteiger partial charge on any atom is -0.463 e. The Balaban J connectivity index is 1.74. The Bertz CT molecular complexity index is 616. The molecule has 2 N–H and O–H groups in total. The zero-order valence-electron chi connectivity index (χ0n) is 12.1. The van der Waals surface area contributed by atoms with E-state index in [1.165, 1.54) is 0 Å². The predicted octanol–water partition coefficient (Wildman–Crippen LogP) is 2.13. The lowest BCUT2D eigenvalue weighted by Gasteiger charge is -2.24. The first-order chi connectivity index (χ1) is 10.2. The van der Waals surface area contributed by atoms with E-state index < -0.39 is 0 Å². The molecule has 5 heteroatoms. The normalized spacial score (nSPS) is 18.4. The Kier molecular flexibility index (Phi) is 4.01. The van der Waals surface area contributed by atoms with Crippen LogP contribution < -0.4 is 10.6 Å². The van der Waals surface area contributed by atoms with Gasteiger partial charge in [0.25, 0.3) is 5.91 Å². The van der Waals surface area contributed by atoms with Crippen molar-refractivity contribution in [3.8, 4) is 11.5 Å². The molecule has 2 aromatic heterocycles. The highest BCUT2D eigenvalue weighted by molar-refractivity contribution is 5.95. The van der Waals surface area contributed by atoms with Crippen LogP contribution in [0, 0.1) is 6.92 Å². The van der Waals surface area contributed by atoms with Gasteiger partial charge >= 0.3 is 0 Å². The summed E-state index contributed by atoms with van der Waals surface area (Å²) in [6.45, 7) is 3.72. The SMILES string of the molecule is Cc1nc(-c2ccco2)ccc1C(=O)N[C@H]1CCCNC1. The van der Waals surface area contributed by atoms with Crippen LogP contribution in [0.2, 0.25) is 0 Å². The minimum absolute atomic E-state index is 0.0558. The highest BCUT2D eigenvalue weighted by atomic mass is 16.3. The van der Waals surface area contributed by atoms with Gasteiger partial charge in [0.05, 0.1) is 17.5 Å². The van der Waals surface area contributed by atoms with Crippen molar-refractivity contribution in [3.63, 3.8) is 0 Å². The molecule has 110 valence electrons. The third-order valence-electron chi connectivity index (χ3n) is 3.74. The van der Waals surface area contributed by atoms with Crippen molar-refractivity contribution in [1.29, 1.82) is 0 Å². The van der Waals surface area contributed by atoms with Crippen LogP contribution >= 0.6 is 0 Å². The number of carbonyl (C=O) groups is 1. The Labute approximate surface area is 123 Å². The summed E-state index contributed by atoms with van der Waals surface area (Å²) in [4.78, 5) is 16.8. The van der Waals surface area contributed by atoms with Gasteiger partial charge in [0.15, 0.2) is 5.76 Å². The predicted molar refractivity (Wildman–Crippen MR) is 80.0 cm³/mol. The van der Waals surface area contributed by atoms with Crippen LogP contribution in [0.25, 0.3) is 11.5 Å². The van der Waals surface area contributed by atoms with Crippen LogP contribution in [0.4, 0.5) is 0 Å². The number of carbonyl (C=O) groups excluding carboxylic acids is 1. The second-order valence-electron chi connectivity index (χ2n) is 5.32. The van der Waals surface area contributed by atoms with Gasteiger partial charge in [-0.2, -0.15) is 0 Å². The van der Waals surface area contributed by atoms with E-state index in [0.717, 1.165) is 31.6 Å². The summed E-state index contributed by atoms with van der Waals surface area (Å²) in [5, 5.41) is 6.36. The molecule has 0 aromatic carbocycles. The van der Waals surface area contributed by atoms with Crippen LogP contribution in [0.1, 0.15) is 28.9 Å². The quantitative estimate of drug-likeness (QED) is 0.906. The molecule has 1 aliphatic rings. The number of aryl methyl sites for hydroxylation is 1. The molecular formula is C16H19N3O2. The minimum atomic E-state index is -0.0558. The summed E-state index contributed by atoms with van der Waals surface area (Å²) < 4.78 is 5.33. The number of nitrogens with one attached hydrogen (secondary N) is 2. The summed E-state index contributed by atoms with van der Waals surface area (Å²) in [6.07, 6.45) is 3.73. The summed E-state index contributed by atoms with van der Waals surface area (Å²) >= 11 is 0. The molecule has 1 amide bonds. The van der Waals surface area contributed by atoms with E-state index in [1.54, 1.807) is 6.26 Å². The van der Waals surface area contributed by atoms with Crippen molar-refractivity contribution in [2.24, 2.45) is 0 Å². The maximum absolute atomic E-state index is 12.3. The average Bonchev–Trinajstić information content (AvgIpc) is 3.02. The monoisotopic (exact) mass is 285 g/mol. The molecule has 0 aliphatic carbocycles. The zero-order valence-corrected chi connectivity index (χ0v) is 12.1. The Morgan fingerprint density at radius 3 is 3.00 bits per heavy atom. The first-order valence-electron chi connectivity index (χ1n) is 7.27. The molecule has 2 aromatic rings. The van der Waals surface area contributed by atoms with Crippen molar-refractivity contribution in [2.75, 3.05) is 13.1 Å². The molecule has 0 bridgehead atoms. The van der Waals surface area contributed by atoms with E-state index in [1.807, 2.05) is 31.2 Å². The van der Waals surface area contributed by atoms with Gasteiger partial charge in [-0.3, -0.25) is 4.79 Å². The third kappa shape index (κ3) is 3.13. The number of aromatic nitrogens is 1. The lowest BCUT2D eigenvalue weighted by Crippen LogP contribution is -2.45. The van der Waals surface area contributed by atoms with Gasteiger partial charge in [-0.05, 0) is 50.6 Å². The number of nitrogens with zero attached hydrogens (tertiary/aromatic N) is 1. The number of rotatable bonds is 3. The van der Waals surface area contributed by atoms with Crippen LogP contribution in [-0.2, 0) is 0 Å². The molecule has 0 radical (unpaired) electrons. The Morgan fingerprint density at radius 1 is 1.43 bits per heavy atom. The molecule has 0 saturated carbocycles. The number of piperidine rings is 1. The van der Waals surface area contributed by atoms with Crippen LogP contribution in [0.3, 0.4) is 0 Å². The van der Waals surface area contributed by atoms with Crippen molar-refractivity contribution in [2.45, 2.75) is 25.8 Å². The first-order valence-corrected chi connectivity index (χ1v) is 7.27. The van der Waals surface area contributed by atoms with Gasteiger partial charge in [0.2, 0.25) is 0 Å². The van der Waals surface area contributed by atoms with Crippen LogP contribution in [0.15, 0.2) is 34.9 Å². The van der Waals surface area contributed by atoms with E-state index in [9.17, 15) is 4.79 Å². The smallest absolute Gasteiger partial charge is 0.253 e. The van der Waals surface area contributed by atoms with Crippen molar-refractivity contribution in [3.05, 3.63) is 41.8 Å². The summed E-state index contributed by atoms with van der Waals surface area (Å²) in [6, 6.07) is 7.51. The summed E-state index contributed by atoms with van der Waals surface area (Å²) in [5.41, 5.74) is 2.08. The molecule has 5 nitrogen and oxygen atoms in total. The fraction of sp³-hybridized carbons (Fsp3) is 0.375. The first kappa shape index (κ1) is 13.8. The standard InChI is InChI=1S/C16H19N3O2/c1-11-13(16(20)19-12-4-2-8-17-10-12)6-7-14(18-11)15-5-3-9-21-15/h3,5-7,9,12,17H,2,4,8,10H2,1H3,(H,19,20)/t12-/m0/s1. The molecule has 1 fully saturated rings. The number of hydrogen-bond acceptors (Lipinski definition) is 4. The molecule has 0 spiro atoms. The van der Waals surface area contributed by atoms with E-state index in [-0.39, 0.29) is 11.9 Å². The van der Waals surface area contributed by atoms with E-state index >= 15 is 0 Å². The molecule has 1 aliphatic heterocycles. The lowest BCUT2D eigenvalue weighted by molar-refractivity contribution is 0.0929. The molecule has 21 heavy (non-hydrogen) atoms. The fourth-order valence-electron chi connectivity index (χ4n) is 2.60. The van der Waals surface area contributed by atoms with E-state index in [0.29, 0.717) is 17.0 Å². The zero-order chi connectivity index (χ0) is 14.7. The topological polar surface area (TPSA) is 67.2 Å². The van der Waals surface area contributed by atoms with Crippen molar-refractivity contribution < 1.29 is 9.21 Å².